The number of fused-ring (bicyclic) bond motifs is 7. The maximum atomic E-state index is 13.0. The van der Waals surface area contributed by atoms with Crippen molar-refractivity contribution in [3.63, 3.8) is 0 Å². The van der Waals surface area contributed by atoms with Gasteiger partial charge in [-0.2, -0.15) is 0 Å². The van der Waals surface area contributed by atoms with Crippen molar-refractivity contribution in [1.29, 1.82) is 0 Å². The van der Waals surface area contributed by atoms with Gasteiger partial charge in [-0.15, -0.1) is 0 Å². The summed E-state index contributed by atoms with van der Waals surface area (Å²) in [5.74, 6) is 0.114. The quantitative estimate of drug-likeness (QED) is 0.225. The van der Waals surface area contributed by atoms with E-state index in [9.17, 15) is 14.4 Å². The summed E-state index contributed by atoms with van der Waals surface area (Å²) < 4.78 is 16.5. The maximum absolute atomic E-state index is 13.0. The first-order chi connectivity index (χ1) is 18.5. The van der Waals surface area contributed by atoms with E-state index in [0.29, 0.717) is 17.4 Å². The van der Waals surface area contributed by atoms with E-state index in [1.807, 2.05) is 13.0 Å². The molecule has 40 heavy (non-hydrogen) atoms. The van der Waals surface area contributed by atoms with Crippen LogP contribution in [-0.4, -0.2) is 25.0 Å². The smallest absolute Gasteiger partial charge is 0.311 e. The average molecular weight is 551 g/mol. The number of esters is 3. The lowest BCUT2D eigenvalue weighted by atomic mass is 9.34. The van der Waals surface area contributed by atoms with Crippen LogP contribution in [-0.2, 0) is 31.0 Å². The zero-order valence-electron chi connectivity index (χ0n) is 25.8. The van der Waals surface area contributed by atoms with Gasteiger partial charge < -0.3 is 14.2 Å². The third-order valence-corrected chi connectivity index (χ3v) is 12.2. The highest BCUT2D eigenvalue weighted by atomic mass is 16.6. The van der Waals surface area contributed by atoms with Crippen molar-refractivity contribution in [3.05, 3.63) is 34.4 Å². The van der Waals surface area contributed by atoms with E-state index in [-0.39, 0.29) is 27.6 Å². The van der Waals surface area contributed by atoms with Gasteiger partial charge in [-0.05, 0) is 110 Å². The van der Waals surface area contributed by atoms with Crippen molar-refractivity contribution in [3.8, 4) is 11.5 Å². The average Bonchev–Trinajstić information content (AvgIpc) is 2.88. The Morgan fingerprint density at radius 2 is 1.52 bits per heavy atom. The molecule has 6 atom stereocenters. The van der Waals surface area contributed by atoms with Gasteiger partial charge in [-0.25, -0.2) is 0 Å². The van der Waals surface area contributed by atoms with E-state index in [1.54, 1.807) is 0 Å². The Labute approximate surface area is 239 Å². The minimum Gasteiger partial charge on any atom is -0.469 e. The molecule has 5 rings (SSSR count). The second-order valence-electron chi connectivity index (χ2n) is 14.4. The van der Waals surface area contributed by atoms with Crippen molar-refractivity contribution in [2.75, 3.05) is 7.11 Å². The first kappa shape index (κ1) is 28.9. The Balaban J connectivity index is 1.61. The Hall–Kier alpha value is -2.63. The van der Waals surface area contributed by atoms with E-state index >= 15 is 0 Å². The molecule has 0 N–H and O–H groups in total. The summed E-state index contributed by atoms with van der Waals surface area (Å²) in [7, 11) is 1.52. The van der Waals surface area contributed by atoms with Crippen LogP contribution in [0.5, 0.6) is 11.5 Å². The Morgan fingerprint density at radius 3 is 2.15 bits per heavy atom. The molecule has 0 heterocycles. The summed E-state index contributed by atoms with van der Waals surface area (Å²) in [4.78, 5) is 37.0. The highest BCUT2D eigenvalue weighted by Crippen LogP contribution is 2.74. The molecule has 0 radical (unpaired) electrons. The van der Waals surface area contributed by atoms with Gasteiger partial charge in [-0.1, -0.05) is 39.3 Å². The van der Waals surface area contributed by atoms with Crippen LogP contribution >= 0.6 is 0 Å². The molecule has 0 bridgehead atoms. The van der Waals surface area contributed by atoms with E-state index in [1.165, 1.54) is 32.1 Å². The lowest BCUT2D eigenvalue weighted by Crippen LogP contribution is -2.62. The van der Waals surface area contributed by atoms with Crippen LogP contribution in [0.2, 0.25) is 0 Å². The van der Waals surface area contributed by atoms with Gasteiger partial charge in [-0.3, -0.25) is 14.4 Å². The number of rotatable bonds is 3. The number of allylic oxidation sites excluding steroid dienone is 2. The second kappa shape index (κ2) is 9.19. The molecule has 4 aliphatic rings. The molecular formula is C34H46O6. The number of ether oxygens (including phenoxy) is 3. The van der Waals surface area contributed by atoms with Crippen LogP contribution in [0.1, 0.15) is 110 Å². The Kier molecular flexibility index (Phi) is 6.63. The normalized spacial score (nSPS) is 38.0. The van der Waals surface area contributed by atoms with Crippen LogP contribution in [0.25, 0.3) is 0 Å². The van der Waals surface area contributed by atoms with E-state index in [2.05, 4.69) is 40.7 Å². The van der Waals surface area contributed by atoms with E-state index in [4.69, 9.17) is 14.2 Å². The third kappa shape index (κ3) is 3.91. The molecular weight excluding hydrogens is 504 g/mol. The van der Waals surface area contributed by atoms with Gasteiger partial charge in [0.25, 0.3) is 0 Å². The highest BCUT2D eigenvalue weighted by molar-refractivity contribution is 5.77. The monoisotopic (exact) mass is 550 g/mol. The molecule has 0 spiro atoms. The molecule has 0 aromatic heterocycles. The number of carbonyl (C=O) groups excluding carboxylic acids is 3. The lowest BCUT2D eigenvalue weighted by molar-refractivity contribution is -0.179. The number of methoxy groups -OCH3 is 1. The molecule has 0 saturated heterocycles. The van der Waals surface area contributed by atoms with Gasteiger partial charge in [0.05, 0.1) is 12.5 Å². The van der Waals surface area contributed by atoms with Crippen LogP contribution in [0, 0.1) is 34.5 Å². The van der Waals surface area contributed by atoms with Crippen LogP contribution < -0.4 is 9.47 Å². The first-order valence-electron chi connectivity index (χ1n) is 14.9. The number of benzene rings is 1. The largest absolute Gasteiger partial charge is 0.469 e. The predicted octanol–water partition coefficient (Wildman–Crippen LogP) is 7.17. The summed E-state index contributed by atoms with van der Waals surface area (Å²) >= 11 is 0. The van der Waals surface area contributed by atoms with Crippen molar-refractivity contribution < 1.29 is 28.6 Å². The van der Waals surface area contributed by atoms with Crippen LogP contribution in [0.3, 0.4) is 0 Å². The first-order valence-corrected chi connectivity index (χ1v) is 14.9. The zero-order valence-corrected chi connectivity index (χ0v) is 25.8. The molecule has 4 aliphatic carbocycles. The standard InChI is InChI=1S/C34H46O6/c1-20-23-10-11-26-32(6,24(23)18-25(39-21(2)35)28(20)40-22(3)36)15-17-34(8)27-19-31(5,29(37)38-9)13-12-30(27,4)14-16-33(26,34)7/h11,18,27H,10,12-17,19H2,1-9H3/t27-,30-,31-,32+,33-,34+/m1/s1. The molecule has 1 aromatic rings. The molecule has 0 unspecified atom stereocenters. The number of carbonyl (C=O) groups is 3. The van der Waals surface area contributed by atoms with Gasteiger partial charge in [0.1, 0.15) is 0 Å². The topological polar surface area (TPSA) is 78.9 Å². The molecule has 6 heteroatoms. The molecule has 3 fully saturated rings. The summed E-state index contributed by atoms with van der Waals surface area (Å²) in [5, 5.41) is 0. The number of hydrogen-bond acceptors (Lipinski definition) is 6. The Morgan fingerprint density at radius 1 is 0.875 bits per heavy atom. The van der Waals surface area contributed by atoms with E-state index < -0.39 is 17.4 Å². The van der Waals surface area contributed by atoms with Gasteiger partial charge in [0.2, 0.25) is 0 Å². The van der Waals surface area contributed by atoms with Crippen molar-refractivity contribution >= 4 is 17.9 Å². The minimum absolute atomic E-state index is 0.0317. The van der Waals surface area contributed by atoms with Crippen molar-refractivity contribution in [2.45, 2.75) is 112 Å². The maximum Gasteiger partial charge on any atom is 0.311 e. The van der Waals surface area contributed by atoms with Crippen molar-refractivity contribution in [1.82, 2.24) is 0 Å². The summed E-state index contributed by atoms with van der Waals surface area (Å²) in [6.45, 7) is 16.6. The lowest BCUT2D eigenvalue weighted by Gasteiger charge is -2.70. The molecule has 1 aromatic carbocycles. The van der Waals surface area contributed by atoms with E-state index in [0.717, 1.165) is 62.5 Å². The Bertz CT molecular complexity index is 1330. The SMILES string of the molecule is COC(=O)[C@]1(C)CC[C@]2(C)CC[C@]3(C)C4=CCc5c(cc(OC(C)=O)c(OC(C)=O)c5C)[C@]4(C)CC[C@@]3(C)[C@@H]2C1. The van der Waals surface area contributed by atoms with Crippen molar-refractivity contribution in [2.24, 2.45) is 27.6 Å². The molecule has 0 amide bonds. The number of hydrogen-bond donors (Lipinski definition) is 0. The molecule has 3 saturated carbocycles. The fourth-order valence-electron chi connectivity index (χ4n) is 9.61. The second-order valence-corrected chi connectivity index (χ2v) is 14.4. The predicted molar refractivity (Wildman–Crippen MR) is 153 cm³/mol. The highest BCUT2D eigenvalue weighted by Gasteiger charge is 2.67. The van der Waals surface area contributed by atoms with Gasteiger partial charge >= 0.3 is 17.9 Å². The summed E-state index contributed by atoms with van der Waals surface area (Å²) in [5.41, 5.74) is 4.18. The third-order valence-electron chi connectivity index (χ3n) is 12.2. The molecule has 218 valence electrons. The van der Waals surface area contributed by atoms with Gasteiger partial charge in [0, 0.05) is 19.3 Å². The fraction of sp³-hybridized carbons (Fsp3) is 0.676. The summed E-state index contributed by atoms with van der Waals surface area (Å²) in [6.07, 6.45) is 10.3. The molecule has 0 aliphatic heterocycles. The van der Waals surface area contributed by atoms with Gasteiger partial charge in [0.15, 0.2) is 11.5 Å². The fourth-order valence-corrected chi connectivity index (χ4v) is 9.61. The minimum atomic E-state index is -0.447. The zero-order chi connectivity index (χ0) is 29.5. The molecule has 6 nitrogen and oxygen atoms in total. The van der Waals surface area contributed by atoms with Crippen LogP contribution in [0.15, 0.2) is 17.7 Å². The summed E-state index contributed by atoms with van der Waals surface area (Å²) in [6, 6.07) is 1.96. The van der Waals surface area contributed by atoms with Crippen LogP contribution in [0.4, 0.5) is 0 Å².